The van der Waals surface area contributed by atoms with Crippen LogP contribution in [0.25, 0.3) is 0 Å². The minimum absolute atomic E-state index is 0.325. The van der Waals surface area contributed by atoms with Gasteiger partial charge < -0.3 is 0 Å². The topological polar surface area (TPSA) is 0 Å². The Morgan fingerprint density at radius 2 is 1.50 bits per heavy atom. The molecule has 0 aliphatic carbocycles. The second-order valence-electron chi connectivity index (χ2n) is 2.31. The summed E-state index contributed by atoms with van der Waals surface area (Å²) in [6.45, 7) is 0. The van der Waals surface area contributed by atoms with E-state index < -0.39 is 3.93 Å². The first-order chi connectivity index (χ1) is 5.52. The number of alkyl halides is 1. The molecule has 0 bridgehead atoms. The molecule has 0 aliphatic heterocycles. The number of hydrogen-bond donors (Lipinski definition) is 0. The predicted molar refractivity (Wildman–Crippen MR) is 70.6 cm³/mol. The lowest BCUT2D eigenvalue weighted by atomic mass is 10.2. The van der Waals surface area contributed by atoms with Crippen LogP contribution in [0, 0.1) is 0 Å². The summed E-state index contributed by atoms with van der Waals surface area (Å²) in [4.78, 5) is 0. The Hall–Kier alpha value is 1.36. The summed E-state index contributed by atoms with van der Waals surface area (Å²) >= 11 is 14.4. The third-order valence-electron chi connectivity index (χ3n) is 1.38. The number of hydrogen-bond acceptors (Lipinski definition) is 0. The number of halogens is 4. The van der Waals surface area contributed by atoms with Crippen LogP contribution in [0.15, 0.2) is 30.3 Å². The summed E-state index contributed by atoms with van der Waals surface area (Å²) < 4.78 is -1.32. The van der Waals surface area contributed by atoms with Crippen molar-refractivity contribution < 1.29 is 0 Å². The SMILES string of the molecule is BrC(c1ccccc1)[Si](Br)(Br)Br. The van der Waals surface area contributed by atoms with E-state index in [1.165, 1.54) is 5.56 Å². The Balaban J connectivity index is 2.86. The monoisotopic (exact) mass is 434 g/mol. The van der Waals surface area contributed by atoms with Gasteiger partial charge in [-0.15, -0.1) is 0 Å². The molecule has 12 heavy (non-hydrogen) atoms. The first-order valence-electron chi connectivity index (χ1n) is 3.27. The van der Waals surface area contributed by atoms with Crippen LogP contribution in [0.3, 0.4) is 0 Å². The van der Waals surface area contributed by atoms with Gasteiger partial charge in [0.1, 0.15) is 0 Å². The molecule has 1 aromatic rings. The van der Waals surface area contributed by atoms with Gasteiger partial charge in [0.15, 0.2) is 0 Å². The fourth-order valence-corrected chi connectivity index (χ4v) is 4.07. The van der Waals surface area contributed by atoms with Crippen LogP contribution in [0.1, 0.15) is 10.0 Å². The van der Waals surface area contributed by atoms with Crippen molar-refractivity contribution in [3.8, 4) is 0 Å². The fraction of sp³-hybridized carbons (Fsp3) is 0.143. The van der Waals surface area contributed by atoms with Crippen LogP contribution < -0.4 is 0 Å². The molecule has 0 saturated carbocycles. The minimum Gasteiger partial charge on any atom is -0.0949 e. The maximum atomic E-state index is 3.63. The number of benzene rings is 1. The molecule has 0 saturated heterocycles. The van der Waals surface area contributed by atoms with Crippen molar-refractivity contribution in [2.45, 2.75) is 4.45 Å². The van der Waals surface area contributed by atoms with Gasteiger partial charge in [-0.3, -0.25) is 0 Å². The van der Waals surface area contributed by atoms with E-state index >= 15 is 0 Å². The highest BCUT2D eigenvalue weighted by Crippen LogP contribution is 2.44. The van der Waals surface area contributed by atoms with Gasteiger partial charge in [0, 0.05) is 0 Å². The number of rotatable bonds is 2. The Kier molecular flexibility index (Phi) is 4.51. The molecular formula is C7H6Br4Si. The average molecular weight is 438 g/mol. The Labute approximate surface area is 105 Å². The van der Waals surface area contributed by atoms with Crippen LogP contribution in [0.5, 0.6) is 0 Å². The molecule has 0 N–H and O–H groups in total. The maximum Gasteiger partial charge on any atom is 0.284 e. The van der Waals surface area contributed by atoms with Gasteiger partial charge in [-0.2, -0.15) is 0 Å². The first-order valence-corrected chi connectivity index (χ1v) is 13.0. The van der Waals surface area contributed by atoms with Crippen molar-refractivity contribution in [3.63, 3.8) is 0 Å². The van der Waals surface area contributed by atoms with Crippen molar-refractivity contribution >= 4 is 65.7 Å². The van der Waals surface area contributed by atoms with E-state index in [0.717, 1.165) is 0 Å². The van der Waals surface area contributed by atoms with E-state index in [1.54, 1.807) is 0 Å². The van der Waals surface area contributed by atoms with E-state index in [4.69, 9.17) is 0 Å². The molecule has 1 unspecified atom stereocenters. The van der Waals surface area contributed by atoms with Crippen LogP contribution >= 0.6 is 61.8 Å². The van der Waals surface area contributed by atoms with Gasteiger partial charge in [-0.1, -0.05) is 92.1 Å². The molecule has 0 radical (unpaired) electrons. The average Bonchev–Trinajstić information content (AvgIpc) is 2.03. The summed E-state index contributed by atoms with van der Waals surface area (Å²) in [5, 5.41) is 0. The molecule has 0 fully saturated rings. The molecule has 0 aromatic heterocycles. The second-order valence-corrected chi connectivity index (χ2v) is 26.6. The van der Waals surface area contributed by atoms with E-state index in [-0.39, 0.29) is 0 Å². The van der Waals surface area contributed by atoms with Gasteiger partial charge in [0.2, 0.25) is 0 Å². The lowest BCUT2D eigenvalue weighted by Gasteiger charge is -2.17. The molecule has 5 heteroatoms. The van der Waals surface area contributed by atoms with Crippen molar-refractivity contribution in [2.75, 3.05) is 0 Å². The molecule has 66 valence electrons. The smallest absolute Gasteiger partial charge is 0.0949 e. The quantitative estimate of drug-likeness (QED) is 0.355. The normalized spacial score (nSPS) is 14.3. The van der Waals surface area contributed by atoms with Crippen molar-refractivity contribution in [3.05, 3.63) is 35.9 Å². The van der Waals surface area contributed by atoms with E-state index in [9.17, 15) is 0 Å². The zero-order valence-corrected chi connectivity index (χ0v) is 13.3. The van der Waals surface area contributed by atoms with Crippen molar-refractivity contribution in [1.82, 2.24) is 0 Å². The highest BCUT2D eigenvalue weighted by Gasteiger charge is 2.33. The van der Waals surface area contributed by atoms with Crippen LogP contribution in [-0.4, -0.2) is 3.93 Å². The molecule has 0 nitrogen and oxygen atoms in total. The minimum atomic E-state index is -1.65. The highest BCUT2D eigenvalue weighted by molar-refractivity contribution is 9.72. The summed E-state index contributed by atoms with van der Waals surface area (Å²) in [5.74, 6) is 0. The summed E-state index contributed by atoms with van der Waals surface area (Å²) in [5.41, 5.74) is 1.27. The third-order valence-corrected chi connectivity index (χ3v) is 14.5. The Bertz CT molecular complexity index is 243. The fourth-order valence-electron chi connectivity index (χ4n) is 0.811. The van der Waals surface area contributed by atoms with Crippen LogP contribution in [0.4, 0.5) is 0 Å². The third kappa shape index (κ3) is 3.25. The zero-order valence-electron chi connectivity index (χ0n) is 5.98. The lowest BCUT2D eigenvalue weighted by molar-refractivity contribution is 1.38. The molecule has 0 spiro atoms. The largest absolute Gasteiger partial charge is 0.284 e. The van der Waals surface area contributed by atoms with Gasteiger partial charge in [-0.05, 0) is 5.56 Å². The molecule has 0 aliphatic rings. The predicted octanol–water partition coefficient (Wildman–Crippen LogP) is 4.79. The van der Waals surface area contributed by atoms with Crippen LogP contribution in [0.2, 0.25) is 0 Å². The molecular weight excluding hydrogens is 432 g/mol. The van der Waals surface area contributed by atoms with Gasteiger partial charge >= 0.3 is 0 Å². The van der Waals surface area contributed by atoms with E-state index in [1.807, 2.05) is 18.2 Å². The van der Waals surface area contributed by atoms with Crippen molar-refractivity contribution in [1.29, 1.82) is 0 Å². The van der Waals surface area contributed by atoms with Gasteiger partial charge in [-0.25, -0.2) is 0 Å². The summed E-state index contributed by atoms with van der Waals surface area (Å²) in [7, 11) is 0. The van der Waals surface area contributed by atoms with E-state index in [2.05, 4.69) is 73.9 Å². The van der Waals surface area contributed by atoms with Gasteiger partial charge in [0.25, 0.3) is 3.93 Å². The lowest BCUT2D eigenvalue weighted by Crippen LogP contribution is -2.15. The molecule has 1 aromatic carbocycles. The van der Waals surface area contributed by atoms with Gasteiger partial charge in [0.05, 0.1) is 4.45 Å². The Morgan fingerprint density at radius 1 is 1.00 bits per heavy atom. The maximum absolute atomic E-state index is 3.63. The Morgan fingerprint density at radius 3 is 1.92 bits per heavy atom. The van der Waals surface area contributed by atoms with Crippen molar-refractivity contribution in [2.24, 2.45) is 0 Å². The highest BCUT2D eigenvalue weighted by atomic mass is 80.0. The molecule has 0 heterocycles. The summed E-state index contributed by atoms with van der Waals surface area (Å²) in [6, 6.07) is 10.3. The molecule has 0 amide bonds. The summed E-state index contributed by atoms with van der Waals surface area (Å²) in [6.07, 6.45) is 0. The van der Waals surface area contributed by atoms with E-state index in [0.29, 0.717) is 4.45 Å². The standard InChI is InChI=1S/C7H6Br4Si/c8-7(12(9,10)11)6-4-2-1-3-5-6/h1-5,7H. The second kappa shape index (κ2) is 4.73. The molecule has 1 rings (SSSR count). The first kappa shape index (κ1) is 11.4. The van der Waals surface area contributed by atoms with Crippen LogP contribution in [-0.2, 0) is 0 Å². The molecule has 1 atom stereocenters. The zero-order chi connectivity index (χ0) is 9.19.